The van der Waals surface area contributed by atoms with Crippen LogP contribution in [0.15, 0.2) is 59.5 Å². The normalized spacial score (nSPS) is 10.0. The van der Waals surface area contributed by atoms with Crippen molar-refractivity contribution in [1.82, 2.24) is 0 Å². The van der Waals surface area contributed by atoms with Gasteiger partial charge in [0.25, 0.3) is 0 Å². The smallest absolute Gasteiger partial charge is 0.150 e. The molecule has 2 rings (SSSR count). The SMILES string of the molecule is O=Cc1cccc(SCCOc2ccccc2)c1. The Balaban J connectivity index is 1.76. The molecule has 0 aromatic heterocycles. The molecule has 2 nitrogen and oxygen atoms in total. The van der Waals surface area contributed by atoms with Gasteiger partial charge in [0.05, 0.1) is 6.61 Å². The molecule has 0 unspecified atom stereocenters. The number of hydrogen-bond donors (Lipinski definition) is 0. The van der Waals surface area contributed by atoms with Crippen molar-refractivity contribution in [2.24, 2.45) is 0 Å². The van der Waals surface area contributed by atoms with E-state index in [2.05, 4.69) is 0 Å². The van der Waals surface area contributed by atoms with Crippen LogP contribution in [0.25, 0.3) is 0 Å². The number of benzene rings is 2. The first kappa shape index (κ1) is 12.7. The average Bonchev–Trinajstić information content (AvgIpc) is 2.45. The maximum absolute atomic E-state index is 10.6. The molecular formula is C15H14O2S. The molecule has 0 saturated carbocycles. The molecule has 0 heterocycles. The van der Waals surface area contributed by atoms with Crippen LogP contribution < -0.4 is 4.74 Å². The summed E-state index contributed by atoms with van der Waals surface area (Å²) in [4.78, 5) is 11.7. The van der Waals surface area contributed by atoms with Crippen LogP contribution in [0.2, 0.25) is 0 Å². The van der Waals surface area contributed by atoms with Crippen LogP contribution in [0.5, 0.6) is 5.75 Å². The highest BCUT2D eigenvalue weighted by molar-refractivity contribution is 7.99. The zero-order valence-corrected chi connectivity index (χ0v) is 10.7. The number of aldehydes is 1. The third-order valence-electron chi connectivity index (χ3n) is 2.36. The van der Waals surface area contributed by atoms with Crippen LogP contribution in [-0.2, 0) is 0 Å². The molecule has 0 fully saturated rings. The Morgan fingerprint density at radius 2 is 1.89 bits per heavy atom. The van der Waals surface area contributed by atoms with Crippen molar-refractivity contribution in [3.63, 3.8) is 0 Å². The van der Waals surface area contributed by atoms with Gasteiger partial charge in [0.15, 0.2) is 0 Å². The average molecular weight is 258 g/mol. The van der Waals surface area contributed by atoms with Crippen LogP contribution in [0.4, 0.5) is 0 Å². The number of carbonyl (C=O) groups excluding carboxylic acids is 1. The number of rotatable bonds is 6. The third-order valence-corrected chi connectivity index (χ3v) is 3.32. The fourth-order valence-corrected chi connectivity index (χ4v) is 2.31. The predicted molar refractivity (Wildman–Crippen MR) is 74.5 cm³/mol. The summed E-state index contributed by atoms with van der Waals surface area (Å²) in [6, 6.07) is 17.3. The van der Waals surface area contributed by atoms with Crippen LogP contribution in [0, 0.1) is 0 Å². The molecule has 18 heavy (non-hydrogen) atoms. The van der Waals surface area contributed by atoms with Crippen molar-refractivity contribution in [3.8, 4) is 5.75 Å². The van der Waals surface area contributed by atoms with E-state index in [0.29, 0.717) is 12.2 Å². The van der Waals surface area contributed by atoms with E-state index >= 15 is 0 Å². The molecule has 0 radical (unpaired) electrons. The minimum atomic E-state index is 0.653. The summed E-state index contributed by atoms with van der Waals surface area (Å²) in [5.41, 5.74) is 0.712. The lowest BCUT2D eigenvalue weighted by Gasteiger charge is -2.05. The Morgan fingerprint density at radius 3 is 2.67 bits per heavy atom. The molecule has 3 heteroatoms. The second kappa shape index (κ2) is 6.87. The predicted octanol–water partition coefficient (Wildman–Crippen LogP) is 3.67. The van der Waals surface area contributed by atoms with Gasteiger partial charge in [-0.25, -0.2) is 0 Å². The second-order valence-corrected chi connectivity index (χ2v) is 4.87. The zero-order valence-electron chi connectivity index (χ0n) is 9.91. The van der Waals surface area contributed by atoms with Gasteiger partial charge in [-0.3, -0.25) is 4.79 Å². The first-order valence-electron chi connectivity index (χ1n) is 5.74. The van der Waals surface area contributed by atoms with E-state index in [9.17, 15) is 4.79 Å². The van der Waals surface area contributed by atoms with Gasteiger partial charge >= 0.3 is 0 Å². The van der Waals surface area contributed by atoms with Crippen molar-refractivity contribution < 1.29 is 9.53 Å². The lowest BCUT2D eigenvalue weighted by atomic mass is 10.2. The van der Waals surface area contributed by atoms with Gasteiger partial charge < -0.3 is 4.74 Å². The van der Waals surface area contributed by atoms with Gasteiger partial charge in [-0.2, -0.15) is 0 Å². The second-order valence-electron chi connectivity index (χ2n) is 3.70. The van der Waals surface area contributed by atoms with Crippen LogP contribution in [0.1, 0.15) is 10.4 Å². The number of ether oxygens (including phenoxy) is 1. The zero-order chi connectivity index (χ0) is 12.6. The van der Waals surface area contributed by atoms with Gasteiger partial charge in [-0.15, -0.1) is 11.8 Å². The molecular weight excluding hydrogens is 244 g/mol. The lowest BCUT2D eigenvalue weighted by Crippen LogP contribution is -1.99. The van der Waals surface area contributed by atoms with Crippen LogP contribution >= 0.6 is 11.8 Å². The molecule has 0 spiro atoms. The summed E-state index contributed by atoms with van der Waals surface area (Å²) in [7, 11) is 0. The standard InChI is InChI=1S/C15H14O2S/c16-12-13-5-4-8-15(11-13)18-10-9-17-14-6-2-1-3-7-14/h1-8,11-12H,9-10H2. The molecule has 2 aromatic rings. The van der Waals surface area contributed by atoms with Gasteiger partial charge in [0.1, 0.15) is 12.0 Å². The van der Waals surface area contributed by atoms with Crippen LogP contribution in [-0.4, -0.2) is 18.6 Å². The van der Waals surface area contributed by atoms with Gasteiger partial charge in [0, 0.05) is 16.2 Å². The molecule has 92 valence electrons. The van der Waals surface area contributed by atoms with Crippen molar-refractivity contribution in [2.45, 2.75) is 4.90 Å². The molecule has 0 aliphatic carbocycles. The summed E-state index contributed by atoms with van der Waals surface area (Å²) in [5, 5.41) is 0. The molecule has 0 atom stereocenters. The Labute approximate surface area is 111 Å². The number of hydrogen-bond acceptors (Lipinski definition) is 3. The first-order chi connectivity index (χ1) is 8.88. The molecule has 0 bridgehead atoms. The molecule has 0 aliphatic rings. The number of thioether (sulfide) groups is 1. The van der Waals surface area contributed by atoms with E-state index < -0.39 is 0 Å². The van der Waals surface area contributed by atoms with Crippen molar-refractivity contribution >= 4 is 18.0 Å². The van der Waals surface area contributed by atoms with E-state index in [1.807, 2.05) is 48.5 Å². The molecule has 0 saturated heterocycles. The molecule has 0 N–H and O–H groups in total. The Kier molecular flexibility index (Phi) is 4.85. The summed E-state index contributed by atoms with van der Waals surface area (Å²) in [6.07, 6.45) is 0.866. The van der Waals surface area contributed by atoms with E-state index in [1.54, 1.807) is 17.8 Å². The minimum Gasteiger partial charge on any atom is -0.493 e. The van der Waals surface area contributed by atoms with Gasteiger partial charge in [0.2, 0.25) is 0 Å². The molecule has 0 aliphatic heterocycles. The van der Waals surface area contributed by atoms with E-state index in [1.165, 1.54) is 0 Å². The third kappa shape index (κ3) is 3.93. The fraction of sp³-hybridized carbons (Fsp3) is 0.133. The monoisotopic (exact) mass is 258 g/mol. The number of para-hydroxylation sites is 1. The maximum Gasteiger partial charge on any atom is 0.150 e. The highest BCUT2D eigenvalue weighted by Crippen LogP contribution is 2.18. The highest BCUT2D eigenvalue weighted by Gasteiger charge is 1.97. The van der Waals surface area contributed by atoms with Crippen molar-refractivity contribution in [3.05, 3.63) is 60.2 Å². The quantitative estimate of drug-likeness (QED) is 0.449. The van der Waals surface area contributed by atoms with E-state index in [0.717, 1.165) is 22.7 Å². The lowest BCUT2D eigenvalue weighted by molar-refractivity contribution is 0.112. The van der Waals surface area contributed by atoms with E-state index in [-0.39, 0.29) is 0 Å². The number of carbonyl (C=O) groups is 1. The first-order valence-corrected chi connectivity index (χ1v) is 6.73. The Hall–Kier alpha value is -1.74. The Morgan fingerprint density at radius 1 is 1.06 bits per heavy atom. The highest BCUT2D eigenvalue weighted by atomic mass is 32.2. The van der Waals surface area contributed by atoms with Gasteiger partial charge in [-0.1, -0.05) is 30.3 Å². The fourth-order valence-electron chi connectivity index (χ4n) is 1.51. The maximum atomic E-state index is 10.6. The van der Waals surface area contributed by atoms with Gasteiger partial charge in [-0.05, 0) is 24.3 Å². The van der Waals surface area contributed by atoms with Crippen molar-refractivity contribution in [2.75, 3.05) is 12.4 Å². The summed E-state index contributed by atoms with van der Waals surface area (Å²) >= 11 is 1.69. The molecule has 2 aromatic carbocycles. The van der Waals surface area contributed by atoms with Crippen molar-refractivity contribution in [1.29, 1.82) is 0 Å². The van der Waals surface area contributed by atoms with Crippen LogP contribution in [0.3, 0.4) is 0 Å². The Bertz CT molecular complexity index is 497. The largest absolute Gasteiger partial charge is 0.493 e. The summed E-state index contributed by atoms with van der Waals surface area (Å²) in [5.74, 6) is 1.75. The molecule has 0 amide bonds. The summed E-state index contributed by atoms with van der Waals surface area (Å²) < 4.78 is 5.59. The summed E-state index contributed by atoms with van der Waals surface area (Å²) in [6.45, 7) is 0.653. The minimum absolute atomic E-state index is 0.653. The van der Waals surface area contributed by atoms with E-state index in [4.69, 9.17) is 4.74 Å². The topological polar surface area (TPSA) is 26.3 Å².